The molecule has 17 heavy (non-hydrogen) atoms. The third-order valence-electron chi connectivity index (χ3n) is 1.97. The van der Waals surface area contributed by atoms with Gasteiger partial charge in [0.2, 0.25) is 5.91 Å². The van der Waals surface area contributed by atoms with Gasteiger partial charge >= 0.3 is 5.97 Å². The minimum absolute atomic E-state index is 0.142. The van der Waals surface area contributed by atoms with Crippen LogP contribution in [0, 0.1) is 0 Å². The molecular weight excluding hydrogens is 222 g/mol. The van der Waals surface area contributed by atoms with Crippen molar-refractivity contribution in [2.75, 3.05) is 13.2 Å². The number of primary amides is 1. The average Bonchev–Trinajstić information content (AvgIpc) is 3.09. The molecule has 1 heterocycles. The van der Waals surface area contributed by atoms with Crippen LogP contribution in [0.1, 0.15) is 20.8 Å². The van der Waals surface area contributed by atoms with Crippen LogP contribution in [0.25, 0.3) is 0 Å². The highest BCUT2D eigenvalue weighted by molar-refractivity contribution is 5.91. The number of hydrogen-bond donors (Lipinski definition) is 1. The summed E-state index contributed by atoms with van der Waals surface area (Å²) >= 11 is 0. The van der Waals surface area contributed by atoms with E-state index in [1.807, 2.05) is 0 Å². The predicted molar refractivity (Wildman–Crippen MR) is 64.1 cm³/mol. The minimum atomic E-state index is -0.345. The van der Waals surface area contributed by atoms with Crippen LogP contribution < -0.4 is 5.73 Å². The highest BCUT2D eigenvalue weighted by atomic mass is 16.6. The van der Waals surface area contributed by atoms with Crippen LogP contribution in [0.2, 0.25) is 0 Å². The fourth-order valence-electron chi connectivity index (χ4n) is 0.598. The molecule has 0 aromatic heterocycles. The van der Waals surface area contributed by atoms with Gasteiger partial charge in [-0.1, -0.05) is 12.7 Å². The first kappa shape index (κ1) is 15.4. The number of ether oxygens (including phenoxy) is 2. The summed E-state index contributed by atoms with van der Waals surface area (Å²) in [5.74, 6) is -0.682. The van der Waals surface area contributed by atoms with E-state index in [1.165, 1.54) is 0 Å². The van der Waals surface area contributed by atoms with Crippen LogP contribution in [0.5, 0.6) is 0 Å². The van der Waals surface area contributed by atoms with Gasteiger partial charge < -0.3 is 15.2 Å². The molecule has 1 aliphatic heterocycles. The maximum absolute atomic E-state index is 10.7. The number of carbonyl (C=O) groups excluding carboxylic acids is 2. The number of allylic oxidation sites excluding steroid dienone is 1. The summed E-state index contributed by atoms with van der Waals surface area (Å²) in [4.78, 5) is 20.8. The van der Waals surface area contributed by atoms with Crippen LogP contribution in [0.3, 0.4) is 0 Å². The van der Waals surface area contributed by atoms with E-state index in [0.29, 0.717) is 24.4 Å². The highest BCUT2D eigenvalue weighted by Gasteiger charge is 2.24. The molecule has 0 aromatic carbocycles. The Bertz CT molecular complexity index is 329. The molecule has 5 nitrogen and oxygen atoms in total. The van der Waals surface area contributed by atoms with Crippen LogP contribution in [0.15, 0.2) is 23.8 Å². The second-order valence-corrected chi connectivity index (χ2v) is 3.67. The molecule has 0 bridgehead atoms. The lowest BCUT2D eigenvalue weighted by molar-refractivity contribution is -0.139. The van der Waals surface area contributed by atoms with Crippen LogP contribution in [-0.4, -0.2) is 31.2 Å². The van der Waals surface area contributed by atoms with Gasteiger partial charge in [0.25, 0.3) is 0 Å². The molecule has 1 amide bonds. The monoisotopic (exact) mass is 241 g/mol. The number of rotatable bonds is 4. The van der Waals surface area contributed by atoms with Crippen LogP contribution in [0.4, 0.5) is 0 Å². The van der Waals surface area contributed by atoms with Gasteiger partial charge in [-0.05, 0) is 20.8 Å². The smallest absolute Gasteiger partial charge is 0.333 e. The molecule has 2 N–H and O–H groups in total. The van der Waals surface area contributed by atoms with Crippen molar-refractivity contribution in [1.82, 2.24) is 0 Å². The molecule has 1 unspecified atom stereocenters. The Morgan fingerprint density at radius 3 is 2.29 bits per heavy atom. The topological polar surface area (TPSA) is 81.9 Å². The zero-order valence-corrected chi connectivity index (χ0v) is 10.5. The molecule has 0 saturated carbocycles. The Morgan fingerprint density at radius 2 is 2.06 bits per heavy atom. The van der Waals surface area contributed by atoms with Crippen molar-refractivity contribution in [3.05, 3.63) is 23.8 Å². The summed E-state index contributed by atoms with van der Waals surface area (Å²) < 4.78 is 9.60. The average molecular weight is 241 g/mol. The van der Waals surface area contributed by atoms with E-state index in [2.05, 4.69) is 6.58 Å². The Balaban J connectivity index is 0.000000325. The van der Waals surface area contributed by atoms with Gasteiger partial charge in [-0.3, -0.25) is 4.79 Å². The summed E-state index contributed by atoms with van der Waals surface area (Å²) in [7, 11) is 0. The fourth-order valence-corrected chi connectivity index (χ4v) is 0.598. The zero-order valence-electron chi connectivity index (χ0n) is 10.5. The lowest BCUT2D eigenvalue weighted by Crippen LogP contribution is -2.10. The minimum Gasteiger partial charge on any atom is -0.459 e. The van der Waals surface area contributed by atoms with Gasteiger partial charge in [0.15, 0.2) is 0 Å². The standard InChI is InChI=1S/C7H10O3.C5H9NO/c1-5(2)7(8)10-4-6-3-9-6;1-3-4(2)5(6)7/h6H,1,3-4H2,2H3;3H,1-2H3,(H2,6,7). The third-order valence-corrected chi connectivity index (χ3v) is 1.97. The van der Waals surface area contributed by atoms with Crippen LogP contribution in [-0.2, 0) is 19.1 Å². The SMILES string of the molecule is C=C(C)C(=O)OCC1CO1.CC=C(C)C(N)=O. The molecular formula is C12H19NO4. The summed E-state index contributed by atoms with van der Waals surface area (Å²) in [6.45, 7) is 9.60. The second-order valence-electron chi connectivity index (χ2n) is 3.67. The van der Waals surface area contributed by atoms with E-state index in [0.717, 1.165) is 0 Å². The number of amides is 1. The lowest BCUT2D eigenvalue weighted by atomic mass is 10.3. The van der Waals surface area contributed by atoms with Gasteiger partial charge in [0.05, 0.1) is 6.61 Å². The molecule has 1 aliphatic rings. The Hall–Kier alpha value is -1.62. The van der Waals surface area contributed by atoms with Crippen LogP contribution >= 0.6 is 0 Å². The van der Waals surface area contributed by atoms with Gasteiger partial charge in [-0.15, -0.1) is 0 Å². The van der Waals surface area contributed by atoms with Gasteiger partial charge in [-0.2, -0.15) is 0 Å². The number of hydrogen-bond acceptors (Lipinski definition) is 4. The van der Waals surface area contributed by atoms with Gasteiger partial charge in [0, 0.05) is 11.1 Å². The second kappa shape index (κ2) is 7.62. The van der Waals surface area contributed by atoms with Crippen molar-refractivity contribution in [1.29, 1.82) is 0 Å². The number of esters is 1. The third kappa shape index (κ3) is 8.21. The summed E-state index contributed by atoms with van der Waals surface area (Å²) in [5.41, 5.74) is 5.88. The molecule has 0 aromatic rings. The predicted octanol–water partition coefficient (Wildman–Crippen LogP) is 0.942. The summed E-state index contributed by atoms with van der Waals surface area (Å²) in [5, 5.41) is 0. The number of carbonyl (C=O) groups is 2. The Kier molecular flexibility index (Phi) is 6.89. The van der Waals surface area contributed by atoms with E-state index in [9.17, 15) is 9.59 Å². The van der Waals surface area contributed by atoms with Crippen molar-refractivity contribution in [2.45, 2.75) is 26.9 Å². The van der Waals surface area contributed by atoms with Crippen molar-refractivity contribution in [3.8, 4) is 0 Å². The van der Waals surface area contributed by atoms with Gasteiger partial charge in [0.1, 0.15) is 12.7 Å². The molecule has 1 fully saturated rings. The summed E-state index contributed by atoms with van der Waals surface area (Å²) in [6.07, 6.45) is 1.82. The number of nitrogens with two attached hydrogens (primary N) is 1. The molecule has 1 saturated heterocycles. The van der Waals surface area contributed by atoms with Crippen molar-refractivity contribution >= 4 is 11.9 Å². The first-order chi connectivity index (χ1) is 7.88. The molecule has 0 spiro atoms. The van der Waals surface area contributed by atoms with E-state index in [1.54, 1.807) is 26.8 Å². The first-order valence-corrected chi connectivity index (χ1v) is 5.25. The van der Waals surface area contributed by atoms with E-state index in [4.69, 9.17) is 15.2 Å². The van der Waals surface area contributed by atoms with E-state index < -0.39 is 0 Å². The van der Waals surface area contributed by atoms with Crippen molar-refractivity contribution in [3.63, 3.8) is 0 Å². The quantitative estimate of drug-likeness (QED) is 0.451. The highest BCUT2D eigenvalue weighted by Crippen LogP contribution is 2.09. The molecule has 1 atom stereocenters. The van der Waals surface area contributed by atoms with E-state index >= 15 is 0 Å². The Morgan fingerprint density at radius 1 is 1.53 bits per heavy atom. The molecule has 5 heteroatoms. The molecule has 96 valence electrons. The maximum atomic E-state index is 10.7. The zero-order chi connectivity index (χ0) is 13.4. The Labute approximate surface area is 101 Å². The van der Waals surface area contributed by atoms with E-state index in [-0.39, 0.29) is 18.0 Å². The first-order valence-electron chi connectivity index (χ1n) is 5.25. The number of epoxide rings is 1. The van der Waals surface area contributed by atoms with Crippen molar-refractivity contribution < 1.29 is 19.1 Å². The fraction of sp³-hybridized carbons (Fsp3) is 0.500. The molecule has 1 rings (SSSR count). The largest absolute Gasteiger partial charge is 0.459 e. The van der Waals surface area contributed by atoms with Gasteiger partial charge in [-0.25, -0.2) is 4.79 Å². The normalized spacial score (nSPS) is 17.6. The lowest BCUT2D eigenvalue weighted by Gasteiger charge is -1.99. The summed E-state index contributed by atoms with van der Waals surface area (Å²) in [6, 6.07) is 0. The maximum Gasteiger partial charge on any atom is 0.333 e. The molecule has 0 aliphatic carbocycles. The molecule has 0 radical (unpaired) electrons. The van der Waals surface area contributed by atoms with Crippen molar-refractivity contribution in [2.24, 2.45) is 5.73 Å².